The zero-order chi connectivity index (χ0) is 46.1. The molecule has 0 N–H and O–H groups in total. The van der Waals surface area contributed by atoms with Crippen molar-refractivity contribution in [2.75, 3.05) is 0 Å². The molecule has 6 heteroatoms. The molecule has 0 radical (unpaired) electrons. The SMILES string of the molecule is c1ccc(-c2ccc(-c3nc(-c4ccccc4)nc(-c4cccc(-c5cc6c(-c7ccc8c(c7)c7ccccc7n8-c7ccccc7)nc7ccccc7c6c6c5oc5ccccc56)c4)n3)cc2)cc1. The summed E-state index contributed by atoms with van der Waals surface area (Å²) in [6.45, 7) is 0. The Kier molecular flexibility index (Phi) is 9.10. The summed E-state index contributed by atoms with van der Waals surface area (Å²) in [5.41, 5.74) is 14.8. The fourth-order valence-corrected chi connectivity index (χ4v) is 10.4. The summed E-state index contributed by atoms with van der Waals surface area (Å²) in [7, 11) is 0. The van der Waals surface area contributed by atoms with E-state index in [4.69, 9.17) is 24.4 Å². The third kappa shape index (κ3) is 6.49. The normalized spacial score (nSPS) is 11.7. The number of hydrogen-bond acceptors (Lipinski definition) is 5. The Balaban J connectivity index is 0.989. The Morgan fingerprint density at radius 1 is 0.314 bits per heavy atom. The molecular formula is C64H39N5O. The molecule has 0 saturated carbocycles. The zero-order valence-electron chi connectivity index (χ0n) is 37.7. The number of pyridine rings is 1. The molecule has 0 aliphatic heterocycles. The van der Waals surface area contributed by atoms with Crippen LogP contribution in [0.25, 0.3) is 139 Å². The average Bonchev–Trinajstić information content (AvgIpc) is 3.99. The van der Waals surface area contributed by atoms with Gasteiger partial charge in [-0.15, -0.1) is 0 Å². The first-order chi connectivity index (χ1) is 34.7. The first-order valence-electron chi connectivity index (χ1n) is 23.5. The van der Waals surface area contributed by atoms with Gasteiger partial charge < -0.3 is 8.98 Å². The Labute approximate surface area is 402 Å². The van der Waals surface area contributed by atoms with E-state index in [1.54, 1.807) is 0 Å². The lowest BCUT2D eigenvalue weighted by molar-refractivity contribution is 0.670. The van der Waals surface area contributed by atoms with E-state index in [1.807, 2.05) is 42.5 Å². The van der Waals surface area contributed by atoms with Crippen LogP contribution in [0.2, 0.25) is 0 Å². The number of fused-ring (bicyclic) bond motifs is 10. The molecule has 0 saturated heterocycles. The molecule has 0 aliphatic rings. The van der Waals surface area contributed by atoms with Crippen molar-refractivity contribution in [3.8, 4) is 73.4 Å². The third-order valence-electron chi connectivity index (χ3n) is 13.6. The molecule has 0 spiro atoms. The lowest BCUT2D eigenvalue weighted by atomic mass is 9.91. The van der Waals surface area contributed by atoms with Crippen molar-refractivity contribution < 1.29 is 4.42 Å². The Morgan fingerprint density at radius 3 is 1.63 bits per heavy atom. The van der Waals surface area contributed by atoms with Gasteiger partial charge in [-0.2, -0.15) is 0 Å². The van der Waals surface area contributed by atoms with Crippen LogP contribution in [0.3, 0.4) is 0 Å². The molecule has 4 aromatic heterocycles. The quantitative estimate of drug-likeness (QED) is 0.149. The molecule has 0 aliphatic carbocycles. The fourth-order valence-electron chi connectivity index (χ4n) is 10.4. The lowest BCUT2D eigenvalue weighted by Crippen LogP contribution is -2.00. The van der Waals surface area contributed by atoms with E-state index in [9.17, 15) is 0 Å². The van der Waals surface area contributed by atoms with Crippen LogP contribution < -0.4 is 0 Å². The molecule has 70 heavy (non-hydrogen) atoms. The fraction of sp³-hybridized carbons (Fsp3) is 0. The highest BCUT2D eigenvalue weighted by atomic mass is 16.3. The monoisotopic (exact) mass is 893 g/mol. The third-order valence-corrected chi connectivity index (χ3v) is 13.6. The number of aromatic nitrogens is 5. The van der Waals surface area contributed by atoms with Crippen LogP contribution in [0.15, 0.2) is 241 Å². The highest BCUT2D eigenvalue weighted by Crippen LogP contribution is 2.47. The van der Waals surface area contributed by atoms with Crippen molar-refractivity contribution >= 4 is 65.4 Å². The van der Waals surface area contributed by atoms with E-state index in [-0.39, 0.29) is 0 Å². The Bertz CT molecular complexity index is 4330. The van der Waals surface area contributed by atoms with E-state index in [1.165, 1.54) is 10.8 Å². The highest BCUT2D eigenvalue weighted by molar-refractivity contribution is 6.30. The van der Waals surface area contributed by atoms with Gasteiger partial charge in [-0.1, -0.05) is 182 Å². The predicted octanol–water partition coefficient (Wildman–Crippen LogP) is 16.6. The second-order valence-corrected chi connectivity index (χ2v) is 17.7. The number of para-hydroxylation sites is 4. The smallest absolute Gasteiger partial charge is 0.164 e. The van der Waals surface area contributed by atoms with E-state index in [0.29, 0.717) is 17.5 Å². The van der Waals surface area contributed by atoms with Gasteiger partial charge in [0.25, 0.3) is 0 Å². The van der Waals surface area contributed by atoms with Crippen molar-refractivity contribution in [2.24, 2.45) is 0 Å². The first-order valence-corrected chi connectivity index (χ1v) is 23.5. The van der Waals surface area contributed by atoms with E-state index in [0.717, 1.165) is 111 Å². The summed E-state index contributed by atoms with van der Waals surface area (Å²) in [6.07, 6.45) is 0. The molecule has 14 rings (SSSR count). The number of nitrogens with zero attached hydrogens (tertiary/aromatic N) is 5. The van der Waals surface area contributed by atoms with Crippen LogP contribution in [0, 0.1) is 0 Å². The van der Waals surface area contributed by atoms with Crippen LogP contribution in [-0.2, 0) is 0 Å². The van der Waals surface area contributed by atoms with E-state index < -0.39 is 0 Å². The number of benzene rings is 10. The summed E-state index contributed by atoms with van der Waals surface area (Å²) in [6, 6.07) is 82.6. The molecule has 0 bridgehead atoms. The van der Waals surface area contributed by atoms with Crippen LogP contribution in [0.4, 0.5) is 0 Å². The van der Waals surface area contributed by atoms with E-state index >= 15 is 0 Å². The molecule has 4 heterocycles. The van der Waals surface area contributed by atoms with Gasteiger partial charge in [-0.25, -0.2) is 19.9 Å². The van der Waals surface area contributed by atoms with Gasteiger partial charge in [0.2, 0.25) is 0 Å². The summed E-state index contributed by atoms with van der Waals surface area (Å²) >= 11 is 0. The highest BCUT2D eigenvalue weighted by Gasteiger charge is 2.23. The van der Waals surface area contributed by atoms with Gasteiger partial charge >= 0.3 is 0 Å². The summed E-state index contributed by atoms with van der Waals surface area (Å²) in [4.78, 5) is 20.9. The van der Waals surface area contributed by atoms with Crippen LogP contribution >= 0.6 is 0 Å². The van der Waals surface area contributed by atoms with Gasteiger partial charge in [-0.05, 0) is 71.3 Å². The minimum Gasteiger partial charge on any atom is -0.455 e. The molecule has 326 valence electrons. The molecule has 6 nitrogen and oxygen atoms in total. The maximum Gasteiger partial charge on any atom is 0.164 e. The second kappa shape index (κ2) is 16.1. The molecular weight excluding hydrogens is 855 g/mol. The minimum absolute atomic E-state index is 0.579. The van der Waals surface area contributed by atoms with Gasteiger partial charge in [0.1, 0.15) is 11.2 Å². The van der Waals surface area contributed by atoms with Crippen molar-refractivity contribution in [1.82, 2.24) is 24.5 Å². The maximum absolute atomic E-state index is 6.97. The standard InChI is InChI=1S/C64H39N5O/c1-4-17-40(18-5-1)41-31-33-43(34-32-41)63-66-62(42-19-6-2-7-20-42)67-64(68-63)46-22-16-21-44(37-46)51-39-53-58(59-50-27-12-15-30-57(50)70-61(51)59)49-26-10-13-28-54(49)65-60(53)45-35-36-56-52(38-45)48-25-11-14-29-55(48)69(56)47-23-8-3-9-24-47/h1-39H. The van der Waals surface area contributed by atoms with Crippen LogP contribution in [0.5, 0.6) is 0 Å². The van der Waals surface area contributed by atoms with Crippen molar-refractivity contribution in [2.45, 2.75) is 0 Å². The van der Waals surface area contributed by atoms with Gasteiger partial charge in [0, 0.05) is 71.2 Å². The second-order valence-electron chi connectivity index (χ2n) is 17.7. The minimum atomic E-state index is 0.579. The van der Waals surface area contributed by atoms with Gasteiger partial charge in [-0.3, -0.25) is 0 Å². The van der Waals surface area contributed by atoms with Crippen molar-refractivity contribution in [3.63, 3.8) is 0 Å². The number of hydrogen-bond donors (Lipinski definition) is 0. The molecule has 14 aromatic rings. The maximum atomic E-state index is 6.97. The molecule has 0 unspecified atom stereocenters. The Hall–Kier alpha value is -9.52. The summed E-state index contributed by atoms with van der Waals surface area (Å²) in [5, 5.41) is 7.69. The zero-order valence-corrected chi connectivity index (χ0v) is 37.7. The molecule has 10 aromatic carbocycles. The largest absolute Gasteiger partial charge is 0.455 e. The van der Waals surface area contributed by atoms with Gasteiger partial charge in [0.05, 0.1) is 22.2 Å². The van der Waals surface area contributed by atoms with Crippen molar-refractivity contribution in [3.05, 3.63) is 237 Å². The van der Waals surface area contributed by atoms with Gasteiger partial charge in [0.15, 0.2) is 17.5 Å². The average molecular weight is 894 g/mol. The molecule has 0 fully saturated rings. The Morgan fingerprint density at radius 2 is 0.857 bits per heavy atom. The lowest BCUT2D eigenvalue weighted by Gasteiger charge is -2.15. The van der Waals surface area contributed by atoms with E-state index in [2.05, 4.69) is 199 Å². The summed E-state index contributed by atoms with van der Waals surface area (Å²) in [5.74, 6) is 1.79. The number of rotatable bonds is 7. The summed E-state index contributed by atoms with van der Waals surface area (Å²) < 4.78 is 9.32. The molecule has 0 atom stereocenters. The van der Waals surface area contributed by atoms with Crippen molar-refractivity contribution in [1.29, 1.82) is 0 Å². The predicted molar refractivity (Wildman–Crippen MR) is 287 cm³/mol. The number of furan rings is 1. The van der Waals surface area contributed by atoms with Crippen LogP contribution in [-0.4, -0.2) is 24.5 Å². The van der Waals surface area contributed by atoms with Crippen LogP contribution in [0.1, 0.15) is 0 Å². The topological polar surface area (TPSA) is 69.6 Å². The first kappa shape index (κ1) is 39.6. The molecule has 0 amide bonds.